The highest BCUT2D eigenvalue weighted by Gasteiger charge is 2.49. The Kier molecular flexibility index (Phi) is 7.52. The summed E-state index contributed by atoms with van der Waals surface area (Å²) in [4.78, 5) is 28.7. The predicted octanol–water partition coefficient (Wildman–Crippen LogP) is 0.863. The maximum absolute atomic E-state index is 13.5. The Morgan fingerprint density at radius 2 is 1.55 bits per heavy atom. The largest absolute Gasteiger partial charge is 1.00 e. The zero-order chi connectivity index (χ0) is 22.0. The summed E-state index contributed by atoms with van der Waals surface area (Å²) in [5, 5.41) is 0. The van der Waals surface area contributed by atoms with Crippen molar-refractivity contribution in [1.82, 2.24) is 4.90 Å². The Bertz CT molecular complexity index is 938. The van der Waals surface area contributed by atoms with E-state index < -0.39 is 0 Å². The monoisotopic (exact) mass is 468 g/mol. The molecule has 0 amide bonds. The van der Waals surface area contributed by atoms with Gasteiger partial charge in [-0.1, -0.05) is 60.7 Å². The van der Waals surface area contributed by atoms with Crippen LogP contribution in [0.4, 0.5) is 0 Å². The van der Waals surface area contributed by atoms with E-state index in [9.17, 15) is 9.59 Å². The lowest BCUT2D eigenvalue weighted by atomic mass is 9.82. The average molecular weight is 469 g/mol. The fourth-order valence-electron chi connectivity index (χ4n) is 5.94. The van der Waals surface area contributed by atoms with Gasteiger partial charge in [-0.15, -0.1) is 0 Å². The molecule has 176 valence electrons. The van der Waals surface area contributed by atoms with Crippen LogP contribution in [0.5, 0.6) is 0 Å². The average Bonchev–Trinajstić information content (AvgIpc) is 3.35. The van der Waals surface area contributed by atoms with Crippen molar-refractivity contribution in [1.29, 1.82) is 0 Å². The van der Waals surface area contributed by atoms with Crippen LogP contribution in [0.15, 0.2) is 60.7 Å². The molecule has 5 nitrogen and oxygen atoms in total. The zero-order valence-corrected chi connectivity index (χ0v) is 19.8. The van der Waals surface area contributed by atoms with Gasteiger partial charge in [0.15, 0.2) is 6.10 Å². The van der Waals surface area contributed by atoms with E-state index >= 15 is 0 Å². The van der Waals surface area contributed by atoms with Gasteiger partial charge in [0.05, 0.1) is 13.1 Å². The van der Waals surface area contributed by atoms with E-state index in [4.69, 9.17) is 4.74 Å². The van der Waals surface area contributed by atoms with Crippen molar-refractivity contribution < 1.29 is 31.2 Å². The molecule has 0 unspecified atom stereocenters. The first kappa shape index (κ1) is 23.9. The van der Waals surface area contributed by atoms with Crippen molar-refractivity contribution in [3.05, 3.63) is 71.8 Å². The standard InChI is InChI=1S/C27H33N2O3.ClH/c30-24(21-9-3-1-4-10-21)19-29-17-13-22(14-18-29)25(20-29)32-27(31)26(28-15-7-8-16-28)23-11-5-2-6-12-23;/h1-6,9-12,22,25-26H,7-8,13-20H2;1H/q+1;/p-1/t22?,25-,26-,29?;/m0./s1. The van der Waals surface area contributed by atoms with E-state index in [0.29, 0.717) is 12.5 Å². The van der Waals surface area contributed by atoms with Crippen molar-refractivity contribution in [2.75, 3.05) is 39.3 Å². The molecule has 2 aromatic carbocycles. The van der Waals surface area contributed by atoms with Gasteiger partial charge in [0.25, 0.3) is 0 Å². The van der Waals surface area contributed by atoms with Crippen LogP contribution in [-0.4, -0.2) is 66.5 Å². The lowest BCUT2D eigenvalue weighted by molar-refractivity contribution is -0.938. The fourth-order valence-corrected chi connectivity index (χ4v) is 5.94. The molecule has 2 bridgehead atoms. The smallest absolute Gasteiger partial charge is 0.328 e. The van der Waals surface area contributed by atoms with E-state index in [2.05, 4.69) is 4.90 Å². The van der Waals surface area contributed by atoms with Crippen molar-refractivity contribution in [2.45, 2.75) is 37.8 Å². The van der Waals surface area contributed by atoms with Crippen LogP contribution in [-0.2, 0) is 9.53 Å². The number of nitrogens with zero attached hydrogens (tertiary/aromatic N) is 2. The molecule has 0 radical (unpaired) electrons. The van der Waals surface area contributed by atoms with E-state index in [1.54, 1.807) is 0 Å². The molecular formula is C27H33ClN2O3. The summed E-state index contributed by atoms with van der Waals surface area (Å²) in [6, 6.07) is 19.3. The molecule has 4 fully saturated rings. The topological polar surface area (TPSA) is 46.6 Å². The number of Topliss-reactive ketones (excluding diaryl/α,β-unsaturated/α-hetero) is 1. The van der Waals surface area contributed by atoms with Gasteiger partial charge >= 0.3 is 5.97 Å². The summed E-state index contributed by atoms with van der Waals surface area (Å²) in [7, 11) is 0. The molecule has 0 spiro atoms. The Morgan fingerprint density at radius 1 is 0.939 bits per heavy atom. The van der Waals surface area contributed by atoms with Crippen molar-refractivity contribution in [3.63, 3.8) is 0 Å². The van der Waals surface area contributed by atoms with Crippen molar-refractivity contribution >= 4 is 11.8 Å². The Hall–Kier alpha value is -2.21. The molecule has 2 atom stereocenters. The summed E-state index contributed by atoms with van der Waals surface area (Å²) in [6.07, 6.45) is 4.22. The van der Waals surface area contributed by atoms with Crippen LogP contribution in [0.25, 0.3) is 0 Å². The third kappa shape index (κ3) is 5.16. The van der Waals surface area contributed by atoms with Crippen molar-refractivity contribution in [2.24, 2.45) is 5.92 Å². The van der Waals surface area contributed by atoms with E-state index in [-0.39, 0.29) is 36.3 Å². The van der Waals surface area contributed by atoms with E-state index in [0.717, 1.165) is 74.0 Å². The first-order chi connectivity index (χ1) is 15.6. The van der Waals surface area contributed by atoms with Gasteiger partial charge in [-0.25, -0.2) is 4.79 Å². The first-order valence-electron chi connectivity index (χ1n) is 12.1. The van der Waals surface area contributed by atoms with Gasteiger partial charge in [-0.3, -0.25) is 9.69 Å². The van der Waals surface area contributed by atoms with Crippen LogP contribution in [0.2, 0.25) is 0 Å². The van der Waals surface area contributed by atoms with Gasteiger partial charge in [-0.05, 0) is 31.5 Å². The second-order valence-corrected chi connectivity index (χ2v) is 9.79. The van der Waals surface area contributed by atoms with Gasteiger partial charge in [-0.2, -0.15) is 0 Å². The lowest BCUT2D eigenvalue weighted by Gasteiger charge is -2.51. The highest BCUT2D eigenvalue weighted by Crippen LogP contribution is 2.37. The third-order valence-electron chi connectivity index (χ3n) is 7.73. The normalized spacial score (nSPS) is 27.5. The van der Waals surface area contributed by atoms with Gasteiger partial charge in [0.2, 0.25) is 5.78 Å². The summed E-state index contributed by atoms with van der Waals surface area (Å²) < 4.78 is 7.01. The number of carbonyl (C=O) groups is 2. The number of rotatable bonds is 7. The van der Waals surface area contributed by atoms with Crippen LogP contribution in [0.3, 0.4) is 0 Å². The maximum Gasteiger partial charge on any atom is 0.328 e. The van der Waals surface area contributed by atoms with E-state index in [1.165, 1.54) is 0 Å². The van der Waals surface area contributed by atoms with Gasteiger partial charge in [0, 0.05) is 24.3 Å². The quantitative estimate of drug-likeness (QED) is 0.343. The number of ether oxygens (including phenoxy) is 1. The number of hydrogen-bond donors (Lipinski definition) is 0. The Morgan fingerprint density at radius 3 is 2.18 bits per heavy atom. The number of halogens is 1. The molecule has 4 aliphatic rings. The molecule has 4 saturated heterocycles. The SMILES string of the molecule is O=C(C[N+]12CCC(CC1)[C@@H](OC(=O)[C@H](c1ccccc1)N1CCCC1)C2)c1ccccc1.[Cl-]. The number of quaternary nitrogens is 1. The molecular weight excluding hydrogens is 436 g/mol. The number of ketones is 1. The zero-order valence-electron chi connectivity index (χ0n) is 19.1. The van der Waals surface area contributed by atoms with Crippen LogP contribution in [0, 0.1) is 5.92 Å². The molecule has 6 heteroatoms. The van der Waals surface area contributed by atoms with Gasteiger partial charge in [0.1, 0.15) is 19.1 Å². The number of likely N-dealkylation sites (tertiary alicyclic amines) is 1. The molecule has 33 heavy (non-hydrogen) atoms. The van der Waals surface area contributed by atoms with Crippen molar-refractivity contribution in [3.8, 4) is 0 Å². The Balaban J connectivity index is 0.00000259. The lowest BCUT2D eigenvalue weighted by Crippen LogP contribution is -3.00. The summed E-state index contributed by atoms with van der Waals surface area (Å²) in [5.41, 5.74) is 1.79. The van der Waals surface area contributed by atoms with Crippen LogP contribution >= 0.6 is 0 Å². The number of fused-ring (bicyclic) bond motifs is 3. The molecule has 4 aliphatic heterocycles. The number of benzene rings is 2. The predicted molar refractivity (Wildman–Crippen MR) is 123 cm³/mol. The second-order valence-electron chi connectivity index (χ2n) is 9.79. The van der Waals surface area contributed by atoms with Gasteiger partial charge < -0.3 is 21.6 Å². The molecule has 0 N–H and O–H groups in total. The third-order valence-corrected chi connectivity index (χ3v) is 7.73. The molecule has 0 saturated carbocycles. The fraction of sp³-hybridized carbons (Fsp3) is 0.481. The van der Waals surface area contributed by atoms with E-state index in [1.807, 2.05) is 60.7 Å². The highest BCUT2D eigenvalue weighted by atomic mass is 35.5. The van der Waals surface area contributed by atoms with Crippen LogP contribution in [0.1, 0.15) is 47.6 Å². The Labute approximate surface area is 202 Å². The van der Waals surface area contributed by atoms with Crippen LogP contribution < -0.4 is 12.4 Å². The summed E-state index contributed by atoms with van der Waals surface area (Å²) >= 11 is 0. The number of carbonyl (C=O) groups excluding carboxylic acids is 2. The minimum absolute atomic E-state index is 0. The summed E-state index contributed by atoms with van der Waals surface area (Å²) in [5.74, 6) is 0.486. The second kappa shape index (κ2) is 10.4. The summed E-state index contributed by atoms with van der Waals surface area (Å²) in [6.45, 7) is 5.15. The molecule has 6 rings (SSSR count). The maximum atomic E-state index is 13.5. The molecule has 0 aliphatic carbocycles. The highest BCUT2D eigenvalue weighted by molar-refractivity contribution is 5.96. The molecule has 0 aromatic heterocycles. The molecule has 4 heterocycles. The minimum Gasteiger partial charge on any atom is -1.00 e. The number of esters is 1. The molecule has 2 aromatic rings. The number of piperidine rings is 3. The minimum atomic E-state index is -0.325. The first-order valence-corrected chi connectivity index (χ1v) is 12.1. The number of hydrogen-bond acceptors (Lipinski definition) is 4.